The molecule has 30 heavy (non-hydrogen) atoms. The first kappa shape index (κ1) is 22.9. The Bertz CT molecular complexity index is 920. The van der Waals surface area contributed by atoms with E-state index in [1.54, 1.807) is 0 Å². The van der Waals surface area contributed by atoms with Gasteiger partial charge in [0.15, 0.2) is 10.8 Å². The molecule has 1 aromatic heterocycles. The number of hydrogen-bond donors (Lipinski definition) is 2. The molecule has 1 aliphatic carbocycles. The van der Waals surface area contributed by atoms with Crippen molar-refractivity contribution in [2.75, 3.05) is 11.9 Å². The highest BCUT2D eigenvalue weighted by Gasteiger charge is 2.41. The summed E-state index contributed by atoms with van der Waals surface area (Å²) in [6, 6.07) is 4.93. The van der Waals surface area contributed by atoms with Crippen LogP contribution in [0.15, 0.2) is 28.7 Å². The molecule has 164 valence electrons. The SMILES string of the molecule is FC(F)(F)c1ccccc1NC(=S)NCCCn1nc(C(F)(F)F)c(Br)c1C1CC1. The van der Waals surface area contributed by atoms with Gasteiger partial charge in [-0.2, -0.15) is 31.4 Å². The summed E-state index contributed by atoms with van der Waals surface area (Å²) in [4.78, 5) is 0. The second kappa shape index (κ2) is 8.74. The number of para-hydroxylation sites is 1. The summed E-state index contributed by atoms with van der Waals surface area (Å²) in [5.74, 6) is 0.0533. The van der Waals surface area contributed by atoms with Crippen molar-refractivity contribution in [3.05, 3.63) is 45.7 Å². The third-order valence-corrected chi connectivity index (χ3v) is 5.51. The number of alkyl halides is 6. The van der Waals surface area contributed by atoms with Crippen LogP contribution in [0.3, 0.4) is 0 Å². The summed E-state index contributed by atoms with van der Waals surface area (Å²) in [6.07, 6.45) is -7.07. The molecule has 4 nitrogen and oxygen atoms in total. The molecule has 2 aromatic rings. The highest BCUT2D eigenvalue weighted by Crippen LogP contribution is 2.47. The average molecular weight is 515 g/mol. The number of nitrogens with one attached hydrogen (secondary N) is 2. The van der Waals surface area contributed by atoms with Crippen LogP contribution in [0, 0.1) is 0 Å². The van der Waals surface area contributed by atoms with E-state index in [-0.39, 0.29) is 34.3 Å². The highest BCUT2D eigenvalue weighted by atomic mass is 79.9. The van der Waals surface area contributed by atoms with Crippen LogP contribution < -0.4 is 10.6 Å². The molecule has 0 spiro atoms. The maximum Gasteiger partial charge on any atom is 0.436 e. The van der Waals surface area contributed by atoms with Gasteiger partial charge in [-0.15, -0.1) is 0 Å². The largest absolute Gasteiger partial charge is 0.436 e. The maximum absolute atomic E-state index is 13.1. The second-order valence-corrected chi connectivity index (χ2v) is 8.02. The molecule has 0 bridgehead atoms. The molecule has 0 saturated heterocycles. The van der Waals surface area contributed by atoms with Gasteiger partial charge in [0, 0.05) is 19.0 Å². The Kier molecular flexibility index (Phi) is 6.66. The molecule has 3 rings (SSSR count). The molecule has 1 heterocycles. The number of anilines is 1. The van der Waals surface area contributed by atoms with Gasteiger partial charge in [0.05, 0.1) is 21.4 Å². The number of rotatable bonds is 6. The van der Waals surface area contributed by atoms with Gasteiger partial charge in [0.2, 0.25) is 0 Å². The van der Waals surface area contributed by atoms with Gasteiger partial charge in [-0.05, 0) is 59.5 Å². The highest BCUT2D eigenvalue weighted by molar-refractivity contribution is 9.10. The minimum atomic E-state index is -4.55. The molecule has 2 N–H and O–H groups in total. The fourth-order valence-electron chi connectivity index (χ4n) is 2.99. The third kappa shape index (κ3) is 5.45. The Morgan fingerprint density at radius 2 is 1.80 bits per heavy atom. The lowest BCUT2D eigenvalue weighted by molar-refractivity contribution is -0.142. The molecular weight excluding hydrogens is 498 g/mol. The summed E-state index contributed by atoms with van der Waals surface area (Å²) in [7, 11) is 0. The molecule has 12 heteroatoms. The van der Waals surface area contributed by atoms with Gasteiger partial charge in [0.1, 0.15) is 0 Å². The zero-order valence-corrected chi connectivity index (χ0v) is 17.8. The van der Waals surface area contributed by atoms with E-state index >= 15 is 0 Å². The molecule has 1 aliphatic rings. The Hall–Kier alpha value is -1.82. The predicted molar refractivity (Wildman–Crippen MR) is 107 cm³/mol. The van der Waals surface area contributed by atoms with Crippen LogP contribution in [0.5, 0.6) is 0 Å². The minimum absolute atomic E-state index is 0.00765. The number of hydrogen-bond acceptors (Lipinski definition) is 2. The van der Waals surface area contributed by atoms with E-state index in [0.717, 1.165) is 18.9 Å². The van der Waals surface area contributed by atoms with Crippen LogP contribution >= 0.6 is 28.1 Å². The maximum atomic E-state index is 13.1. The van der Waals surface area contributed by atoms with Gasteiger partial charge in [-0.25, -0.2) is 0 Å². The summed E-state index contributed by atoms with van der Waals surface area (Å²) >= 11 is 8.06. The number of aryl methyl sites for hydroxylation is 1. The Morgan fingerprint density at radius 3 is 2.40 bits per heavy atom. The van der Waals surface area contributed by atoms with Crippen molar-refractivity contribution in [1.29, 1.82) is 0 Å². The second-order valence-electron chi connectivity index (χ2n) is 6.82. The number of benzene rings is 1. The normalized spacial score (nSPS) is 14.6. The van der Waals surface area contributed by atoms with Crippen molar-refractivity contribution in [2.45, 2.75) is 44.1 Å². The molecule has 0 unspecified atom stereocenters. The molecular formula is C18H17BrF6N4S. The van der Waals surface area contributed by atoms with Crippen molar-refractivity contribution in [2.24, 2.45) is 0 Å². The van der Waals surface area contributed by atoms with E-state index in [2.05, 4.69) is 31.7 Å². The topological polar surface area (TPSA) is 41.9 Å². The van der Waals surface area contributed by atoms with E-state index in [1.807, 2.05) is 0 Å². The first-order valence-corrected chi connectivity index (χ1v) is 10.2. The van der Waals surface area contributed by atoms with Crippen molar-refractivity contribution in [3.63, 3.8) is 0 Å². The molecule has 0 atom stereocenters. The third-order valence-electron chi connectivity index (χ3n) is 4.48. The summed E-state index contributed by atoms with van der Waals surface area (Å²) < 4.78 is 79.8. The lowest BCUT2D eigenvalue weighted by Crippen LogP contribution is -2.30. The smallest absolute Gasteiger partial charge is 0.362 e. The Labute approximate surface area is 182 Å². The van der Waals surface area contributed by atoms with Crippen LogP contribution in [0.2, 0.25) is 0 Å². The van der Waals surface area contributed by atoms with E-state index in [0.29, 0.717) is 12.1 Å². The van der Waals surface area contributed by atoms with Crippen molar-refractivity contribution in [3.8, 4) is 0 Å². The van der Waals surface area contributed by atoms with Gasteiger partial charge in [0.25, 0.3) is 0 Å². The predicted octanol–water partition coefficient (Wildman–Crippen LogP) is 5.94. The molecule has 1 saturated carbocycles. The van der Waals surface area contributed by atoms with Gasteiger partial charge >= 0.3 is 12.4 Å². The Morgan fingerprint density at radius 1 is 1.13 bits per heavy atom. The summed E-state index contributed by atoms with van der Waals surface area (Å²) in [6.45, 7) is 0.470. The molecule has 1 aromatic carbocycles. The number of halogens is 7. The van der Waals surface area contributed by atoms with Crippen molar-refractivity contribution >= 4 is 38.9 Å². The van der Waals surface area contributed by atoms with Crippen molar-refractivity contribution < 1.29 is 26.3 Å². The molecule has 0 aliphatic heterocycles. The number of thiocarbonyl (C=S) groups is 1. The fourth-order valence-corrected chi connectivity index (χ4v) is 4.03. The van der Waals surface area contributed by atoms with Crippen LogP contribution in [0.25, 0.3) is 0 Å². The number of nitrogens with zero attached hydrogens (tertiary/aromatic N) is 2. The zero-order chi connectivity index (χ0) is 22.1. The molecule has 0 radical (unpaired) electrons. The fraction of sp³-hybridized carbons (Fsp3) is 0.444. The standard InChI is InChI=1S/C18H17BrF6N4S/c19-13-14(10-6-7-10)29(28-15(13)18(23,24)25)9-3-8-26-16(30)27-12-5-2-1-4-11(12)17(20,21)22/h1-2,4-5,10H,3,6-9H2,(H2,26,27,30). The Balaban J connectivity index is 1.57. The summed E-state index contributed by atoms with van der Waals surface area (Å²) in [5, 5.41) is 8.99. The van der Waals surface area contributed by atoms with Crippen LogP contribution in [0.4, 0.5) is 32.0 Å². The van der Waals surface area contributed by atoms with Gasteiger partial charge < -0.3 is 10.6 Å². The monoisotopic (exact) mass is 514 g/mol. The van der Waals surface area contributed by atoms with Crippen molar-refractivity contribution in [1.82, 2.24) is 15.1 Å². The minimum Gasteiger partial charge on any atom is -0.362 e. The molecule has 0 amide bonds. The van der Waals surface area contributed by atoms with E-state index in [9.17, 15) is 26.3 Å². The lowest BCUT2D eigenvalue weighted by Gasteiger charge is -2.16. The van der Waals surface area contributed by atoms with Gasteiger partial charge in [-0.3, -0.25) is 4.68 Å². The quantitative estimate of drug-likeness (QED) is 0.284. The number of aromatic nitrogens is 2. The lowest BCUT2D eigenvalue weighted by atomic mass is 10.1. The van der Waals surface area contributed by atoms with Gasteiger partial charge in [-0.1, -0.05) is 12.1 Å². The van der Waals surface area contributed by atoms with E-state index < -0.39 is 23.6 Å². The zero-order valence-electron chi connectivity index (χ0n) is 15.4. The van der Waals surface area contributed by atoms with E-state index in [1.165, 1.54) is 22.9 Å². The summed E-state index contributed by atoms with van der Waals surface area (Å²) in [5.41, 5.74) is -1.44. The van der Waals surface area contributed by atoms with E-state index in [4.69, 9.17) is 12.2 Å². The van der Waals surface area contributed by atoms with Crippen LogP contribution in [-0.4, -0.2) is 21.4 Å². The molecule has 1 fully saturated rings. The van der Waals surface area contributed by atoms with Crippen LogP contribution in [-0.2, 0) is 18.9 Å². The average Bonchev–Trinajstić information content (AvgIpc) is 3.40. The first-order valence-electron chi connectivity index (χ1n) is 9.03. The first-order chi connectivity index (χ1) is 14.0. The van der Waals surface area contributed by atoms with Crippen LogP contribution in [0.1, 0.15) is 42.1 Å².